The highest BCUT2D eigenvalue weighted by atomic mass is 32.1. The van der Waals surface area contributed by atoms with Gasteiger partial charge in [0.2, 0.25) is 0 Å². The summed E-state index contributed by atoms with van der Waals surface area (Å²) in [4.78, 5) is 32.9. The summed E-state index contributed by atoms with van der Waals surface area (Å²) >= 11 is 1.61. The molecule has 3 aromatic heterocycles. The summed E-state index contributed by atoms with van der Waals surface area (Å²) in [5, 5.41) is 14.0. The number of aliphatic hydroxyl groups excluding tert-OH is 1. The normalized spacial score (nSPS) is 18.8. The van der Waals surface area contributed by atoms with Gasteiger partial charge in [-0.1, -0.05) is 6.08 Å². The smallest absolute Gasteiger partial charge is 0.320 e. The first-order valence-corrected chi connectivity index (χ1v) is 11.9. The van der Waals surface area contributed by atoms with E-state index in [0.29, 0.717) is 32.6 Å². The number of carbonyl (C=O) groups is 1. The minimum atomic E-state index is -0.399. The molecule has 4 aromatic rings. The lowest BCUT2D eigenvalue weighted by molar-refractivity contribution is 0.149. The van der Waals surface area contributed by atoms with Gasteiger partial charge in [0.05, 0.1) is 27.2 Å². The van der Waals surface area contributed by atoms with Crippen molar-refractivity contribution in [2.24, 2.45) is 0 Å². The number of benzene rings is 1. The molecule has 3 N–H and O–H groups in total. The van der Waals surface area contributed by atoms with Crippen LogP contribution in [0.2, 0.25) is 0 Å². The van der Waals surface area contributed by atoms with Crippen LogP contribution in [0.15, 0.2) is 42.2 Å². The van der Waals surface area contributed by atoms with Gasteiger partial charge in [0.15, 0.2) is 0 Å². The van der Waals surface area contributed by atoms with E-state index >= 15 is 0 Å². The Morgan fingerprint density at radius 3 is 2.94 bits per heavy atom. The van der Waals surface area contributed by atoms with Crippen LogP contribution in [0.5, 0.6) is 0 Å². The quantitative estimate of drug-likeness (QED) is 0.430. The predicted molar refractivity (Wildman–Crippen MR) is 129 cm³/mol. The van der Waals surface area contributed by atoms with Crippen LogP contribution < -0.4 is 5.32 Å². The van der Waals surface area contributed by atoms with Crippen LogP contribution in [-0.2, 0) is 0 Å². The number of nitrogens with zero attached hydrogens (tertiary/aromatic N) is 5. The predicted octanol–water partition coefficient (Wildman–Crippen LogP) is 3.59. The Bertz CT molecular complexity index is 1380. The molecule has 168 valence electrons. The van der Waals surface area contributed by atoms with E-state index in [0.717, 1.165) is 50.4 Å². The number of carbonyl (C=O) groups excluding carboxylic acids is 1. The topological polar surface area (TPSA) is 110 Å². The van der Waals surface area contributed by atoms with Gasteiger partial charge in [-0.05, 0) is 42.7 Å². The number of fused-ring (bicyclic) bond motifs is 2. The maximum atomic E-state index is 12.7. The second kappa shape index (κ2) is 8.13. The number of β-amino-alcohol motifs (C(OH)–C–C–N with tert-alkyl or cyclic N) is 1. The zero-order chi connectivity index (χ0) is 22.4. The molecule has 6 rings (SSSR count). The molecule has 0 bridgehead atoms. The molecule has 0 aliphatic carbocycles. The van der Waals surface area contributed by atoms with Crippen molar-refractivity contribution in [1.29, 1.82) is 0 Å². The number of hydrogen-bond acceptors (Lipinski definition) is 7. The number of likely N-dealkylation sites (tertiary alicyclic amines) is 1. The lowest BCUT2D eigenvalue weighted by Gasteiger charge is -2.30. The third-order valence-corrected chi connectivity index (χ3v) is 7.07. The first-order chi connectivity index (χ1) is 16.1. The van der Waals surface area contributed by atoms with Crippen molar-refractivity contribution < 1.29 is 9.90 Å². The van der Waals surface area contributed by atoms with E-state index in [2.05, 4.69) is 43.5 Å². The third kappa shape index (κ3) is 3.81. The van der Waals surface area contributed by atoms with E-state index in [1.165, 1.54) is 0 Å². The van der Waals surface area contributed by atoms with Crippen LogP contribution in [0.25, 0.3) is 26.8 Å². The average Bonchev–Trinajstić information content (AvgIpc) is 3.58. The fourth-order valence-electron chi connectivity index (χ4n) is 4.49. The molecule has 5 heterocycles. The molecule has 1 fully saturated rings. The Balaban J connectivity index is 1.22. The van der Waals surface area contributed by atoms with Gasteiger partial charge in [-0.15, -0.1) is 11.3 Å². The fraction of sp³-hybridized carbons (Fsp3) is 0.304. The van der Waals surface area contributed by atoms with Crippen molar-refractivity contribution in [3.05, 3.63) is 47.9 Å². The largest absolute Gasteiger partial charge is 0.391 e. The maximum absolute atomic E-state index is 12.7. The summed E-state index contributed by atoms with van der Waals surface area (Å²) in [5.41, 5.74) is 6.71. The van der Waals surface area contributed by atoms with Gasteiger partial charge in [-0.3, -0.25) is 0 Å². The Morgan fingerprint density at radius 2 is 2.12 bits per heavy atom. The van der Waals surface area contributed by atoms with Gasteiger partial charge < -0.3 is 25.2 Å². The zero-order valence-corrected chi connectivity index (χ0v) is 18.7. The number of nitrogens with one attached hydrogen (secondary N) is 2. The summed E-state index contributed by atoms with van der Waals surface area (Å²) < 4.78 is 1.12. The number of thiazole rings is 1. The lowest BCUT2D eigenvalue weighted by Crippen LogP contribution is -2.44. The molecule has 10 heteroatoms. The zero-order valence-electron chi connectivity index (χ0n) is 17.9. The highest BCUT2D eigenvalue weighted by Gasteiger charge is 2.29. The first kappa shape index (κ1) is 20.1. The number of anilines is 2. The maximum Gasteiger partial charge on any atom is 0.320 e. The van der Waals surface area contributed by atoms with Gasteiger partial charge in [-0.2, -0.15) is 0 Å². The second-order valence-corrected chi connectivity index (χ2v) is 9.31. The van der Waals surface area contributed by atoms with Crippen molar-refractivity contribution >= 4 is 55.7 Å². The highest BCUT2D eigenvalue weighted by Crippen LogP contribution is 2.30. The molecule has 9 nitrogen and oxygen atoms in total. The van der Waals surface area contributed by atoms with E-state index in [1.807, 2.05) is 22.5 Å². The van der Waals surface area contributed by atoms with Crippen LogP contribution in [0.3, 0.4) is 0 Å². The molecule has 0 spiro atoms. The summed E-state index contributed by atoms with van der Waals surface area (Å²) in [6.07, 6.45) is 4.66. The molecular weight excluding hydrogens is 438 g/mol. The van der Waals surface area contributed by atoms with E-state index in [-0.39, 0.29) is 6.03 Å². The van der Waals surface area contributed by atoms with Crippen LogP contribution in [0.1, 0.15) is 18.5 Å². The number of aromatic amines is 1. The van der Waals surface area contributed by atoms with Gasteiger partial charge in [0, 0.05) is 37.6 Å². The standard InChI is InChI=1S/C23H23N7O2S/c31-16-5-8-30(11-16)23(32)29-6-3-14(4-7-29)19-10-17-21(24-12-25-22(17)28-19)27-15-1-2-18-20(9-15)33-13-26-18/h1-3,9-10,12-13,16,31H,4-8,11H2,(H2,24,25,27,28)/t16-/m1/s1. The summed E-state index contributed by atoms with van der Waals surface area (Å²) in [5.74, 6) is 0.743. The number of aromatic nitrogens is 4. The molecule has 0 unspecified atom stereocenters. The molecule has 0 saturated carbocycles. The number of rotatable bonds is 3. The number of urea groups is 1. The van der Waals surface area contributed by atoms with Crippen molar-refractivity contribution in [2.45, 2.75) is 18.9 Å². The van der Waals surface area contributed by atoms with Crippen molar-refractivity contribution in [1.82, 2.24) is 29.7 Å². The number of amides is 2. The van der Waals surface area contributed by atoms with Gasteiger partial charge in [0.1, 0.15) is 17.8 Å². The highest BCUT2D eigenvalue weighted by molar-refractivity contribution is 7.16. The third-order valence-electron chi connectivity index (χ3n) is 6.28. The molecule has 1 aromatic carbocycles. The van der Waals surface area contributed by atoms with E-state index in [1.54, 1.807) is 22.6 Å². The van der Waals surface area contributed by atoms with E-state index in [9.17, 15) is 9.90 Å². The molecule has 2 aliphatic rings. The van der Waals surface area contributed by atoms with Crippen molar-refractivity contribution in [2.75, 3.05) is 31.5 Å². The first-order valence-electron chi connectivity index (χ1n) is 11.0. The van der Waals surface area contributed by atoms with E-state index in [4.69, 9.17) is 0 Å². The van der Waals surface area contributed by atoms with Crippen LogP contribution in [-0.4, -0.2) is 73.2 Å². The molecule has 1 saturated heterocycles. The van der Waals surface area contributed by atoms with Gasteiger partial charge in [-0.25, -0.2) is 19.7 Å². The molecule has 2 amide bonds. The molecule has 1 atom stereocenters. The second-order valence-electron chi connectivity index (χ2n) is 8.42. The van der Waals surface area contributed by atoms with Crippen LogP contribution in [0, 0.1) is 0 Å². The van der Waals surface area contributed by atoms with Crippen LogP contribution in [0.4, 0.5) is 16.3 Å². The van der Waals surface area contributed by atoms with Gasteiger partial charge >= 0.3 is 6.03 Å². The average molecular weight is 462 g/mol. The molecular formula is C23H23N7O2S. The lowest BCUT2D eigenvalue weighted by atomic mass is 10.1. The van der Waals surface area contributed by atoms with E-state index < -0.39 is 6.10 Å². The Hall–Kier alpha value is -3.50. The molecule has 2 aliphatic heterocycles. The van der Waals surface area contributed by atoms with Crippen molar-refractivity contribution in [3.63, 3.8) is 0 Å². The summed E-state index contributed by atoms with van der Waals surface area (Å²) in [7, 11) is 0. The molecule has 33 heavy (non-hydrogen) atoms. The minimum Gasteiger partial charge on any atom is -0.391 e. The number of hydrogen-bond donors (Lipinski definition) is 3. The Labute approximate surface area is 193 Å². The Kier molecular flexibility index (Phi) is 4.96. The summed E-state index contributed by atoms with van der Waals surface area (Å²) in [6.45, 7) is 2.26. The molecule has 0 radical (unpaired) electrons. The Morgan fingerprint density at radius 1 is 1.18 bits per heavy atom. The van der Waals surface area contributed by atoms with Crippen molar-refractivity contribution in [3.8, 4) is 0 Å². The SMILES string of the molecule is O=C(N1CC=C(c2cc3c(Nc4ccc5ncsc5c4)ncnc3[nH]2)CC1)N1CC[C@@H](O)C1. The van der Waals surface area contributed by atoms with Gasteiger partial charge in [0.25, 0.3) is 0 Å². The number of aliphatic hydroxyl groups is 1. The number of H-pyrrole nitrogens is 1. The monoisotopic (exact) mass is 461 g/mol. The minimum absolute atomic E-state index is 0.00811. The fourth-order valence-corrected chi connectivity index (χ4v) is 5.20. The van der Waals surface area contributed by atoms with Crippen LogP contribution >= 0.6 is 11.3 Å². The summed E-state index contributed by atoms with van der Waals surface area (Å²) in [6, 6.07) is 8.15.